The molecule has 0 rings (SSSR count). The van der Waals surface area contributed by atoms with Crippen molar-refractivity contribution in [3.63, 3.8) is 0 Å². The summed E-state index contributed by atoms with van der Waals surface area (Å²) in [7, 11) is 0. The van der Waals surface area contributed by atoms with E-state index >= 15 is 0 Å². The molecule has 0 atom stereocenters. The van der Waals surface area contributed by atoms with Gasteiger partial charge in [0.25, 0.3) is 0 Å². The highest BCUT2D eigenvalue weighted by Crippen LogP contribution is 2.12. The summed E-state index contributed by atoms with van der Waals surface area (Å²) in [6, 6.07) is 0. The molecule has 0 aromatic heterocycles. The zero-order valence-corrected chi connectivity index (χ0v) is 13.7. The van der Waals surface area contributed by atoms with Crippen LogP contribution in [0.5, 0.6) is 0 Å². The molecule has 0 unspecified atom stereocenters. The molecule has 0 saturated heterocycles. The van der Waals surface area contributed by atoms with Crippen molar-refractivity contribution in [1.82, 2.24) is 0 Å². The van der Waals surface area contributed by atoms with Crippen LogP contribution in [0.2, 0.25) is 0 Å². The second-order valence-electron chi connectivity index (χ2n) is 5.75. The molecule has 0 fully saturated rings. The van der Waals surface area contributed by atoms with Gasteiger partial charge in [-0.15, -0.1) is 6.58 Å². The number of hydrogen-bond acceptors (Lipinski definition) is 2. The van der Waals surface area contributed by atoms with Crippen LogP contribution in [0.15, 0.2) is 12.7 Å². The average molecular weight is 298 g/mol. The molecular formula is C18H34O3. The van der Waals surface area contributed by atoms with Gasteiger partial charge >= 0.3 is 5.97 Å². The summed E-state index contributed by atoms with van der Waals surface area (Å²) in [5.74, 6) is -0.665. The predicted octanol–water partition coefficient (Wildman–Crippen LogP) is 5.34. The Balaban J connectivity index is 2.96. The van der Waals surface area contributed by atoms with Gasteiger partial charge in [0.05, 0.1) is 6.61 Å². The maximum Gasteiger partial charge on any atom is 0.303 e. The average Bonchev–Trinajstić information content (AvgIpc) is 2.46. The summed E-state index contributed by atoms with van der Waals surface area (Å²) in [4.78, 5) is 10.3. The lowest BCUT2D eigenvalue weighted by atomic mass is 10.0. The summed E-state index contributed by atoms with van der Waals surface area (Å²) in [6.45, 7) is 5.17. The van der Waals surface area contributed by atoms with E-state index in [0.717, 1.165) is 19.4 Å². The third kappa shape index (κ3) is 19.2. The molecule has 3 heteroatoms. The standard InChI is InChI=1S/C18H34O3/c1-2-16-21-17-14-12-10-8-6-4-3-5-7-9-11-13-15-18(19)20/h2H,1,3-17H2,(H,19,20). The summed E-state index contributed by atoms with van der Waals surface area (Å²) < 4.78 is 5.35. The zero-order chi connectivity index (χ0) is 15.6. The van der Waals surface area contributed by atoms with Gasteiger partial charge in [-0.05, 0) is 12.8 Å². The highest BCUT2D eigenvalue weighted by Gasteiger charge is 1.97. The van der Waals surface area contributed by atoms with Gasteiger partial charge in [0.15, 0.2) is 0 Å². The van der Waals surface area contributed by atoms with Crippen LogP contribution in [0.25, 0.3) is 0 Å². The number of carboxylic acid groups (broad SMARTS) is 1. The maximum absolute atomic E-state index is 10.3. The third-order valence-electron chi connectivity index (χ3n) is 3.67. The van der Waals surface area contributed by atoms with Crippen LogP contribution in [0.4, 0.5) is 0 Å². The maximum atomic E-state index is 10.3. The molecule has 0 aliphatic heterocycles. The Kier molecular flexibility index (Phi) is 16.5. The Morgan fingerprint density at radius 3 is 1.67 bits per heavy atom. The summed E-state index contributed by atoms with van der Waals surface area (Å²) >= 11 is 0. The van der Waals surface area contributed by atoms with E-state index in [2.05, 4.69) is 6.58 Å². The highest BCUT2D eigenvalue weighted by molar-refractivity contribution is 5.66. The first-order valence-corrected chi connectivity index (χ1v) is 8.68. The number of aliphatic carboxylic acids is 1. The van der Waals surface area contributed by atoms with Gasteiger partial charge < -0.3 is 9.84 Å². The number of unbranched alkanes of at least 4 members (excludes halogenated alkanes) is 11. The molecule has 0 heterocycles. The van der Waals surface area contributed by atoms with E-state index in [1.54, 1.807) is 6.08 Å². The minimum atomic E-state index is -0.665. The first-order chi connectivity index (χ1) is 10.3. The van der Waals surface area contributed by atoms with Crippen molar-refractivity contribution in [2.45, 2.75) is 83.5 Å². The molecule has 3 nitrogen and oxygen atoms in total. The molecule has 21 heavy (non-hydrogen) atoms. The third-order valence-corrected chi connectivity index (χ3v) is 3.67. The summed E-state index contributed by atoms with van der Waals surface area (Å²) in [5, 5.41) is 8.52. The number of rotatable bonds is 17. The fourth-order valence-corrected chi connectivity index (χ4v) is 2.41. The van der Waals surface area contributed by atoms with Crippen LogP contribution >= 0.6 is 0 Å². The molecule has 0 spiro atoms. The molecular weight excluding hydrogens is 264 g/mol. The van der Waals surface area contributed by atoms with Crippen molar-refractivity contribution >= 4 is 5.97 Å². The van der Waals surface area contributed by atoms with Crippen LogP contribution < -0.4 is 0 Å². The van der Waals surface area contributed by atoms with E-state index in [1.165, 1.54) is 64.2 Å². The molecule has 0 saturated carbocycles. The Morgan fingerprint density at radius 2 is 1.24 bits per heavy atom. The molecule has 0 bridgehead atoms. The van der Waals surface area contributed by atoms with Crippen LogP contribution in [-0.4, -0.2) is 24.3 Å². The minimum absolute atomic E-state index is 0.332. The Morgan fingerprint density at radius 1 is 0.810 bits per heavy atom. The SMILES string of the molecule is C=CCOCCCCCCCCCCCCCCC(=O)O. The van der Waals surface area contributed by atoms with Gasteiger partial charge in [-0.2, -0.15) is 0 Å². The molecule has 0 aromatic carbocycles. The lowest BCUT2D eigenvalue weighted by Crippen LogP contribution is -1.94. The van der Waals surface area contributed by atoms with E-state index in [0.29, 0.717) is 13.0 Å². The van der Waals surface area contributed by atoms with Gasteiger partial charge in [0, 0.05) is 13.0 Å². The predicted molar refractivity (Wildman–Crippen MR) is 88.7 cm³/mol. The van der Waals surface area contributed by atoms with Crippen molar-refractivity contribution in [2.75, 3.05) is 13.2 Å². The van der Waals surface area contributed by atoms with E-state index in [1.807, 2.05) is 0 Å². The number of carboxylic acids is 1. The molecule has 124 valence electrons. The Labute approximate surface area is 130 Å². The van der Waals surface area contributed by atoms with Gasteiger partial charge in [-0.1, -0.05) is 70.3 Å². The molecule has 0 aliphatic rings. The molecule has 0 aliphatic carbocycles. The first kappa shape index (κ1) is 20.2. The fraction of sp³-hybridized carbons (Fsp3) is 0.833. The van der Waals surface area contributed by atoms with Crippen molar-refractivity contribution < 1.29 is 14.6 Å². The van der Waals surface area contributed by atoms with E-state index in [9.17, 15) is 4.79 Å². The lowest BCUT2D eigenvalue weighted by Gasteiger charge is -2.03. The van der Waals surface area contributed by atoms with E-state index < -0.39 is 5.97 Å². The van der Waals surface area contributed by atoms with Crippen LogP contribution in [0.1, 0.15) is 83.5 Å². The van der Waals surface area contributed by atoms with Gasteiger partial charge in [-0.3, -0.25) is 4.79 Å². The van der Waals surface area contributed by atoms with Gasteiger partial charge in [0.1, 0.15) is 0 Å². The molecule has 1 N–H and O–H groups in total. The normalized spacial score (nSPS) is 10.7. The second-order valence-corrected chi connectivity index (χ2v) is 5.75. The van der Waals surface area contributed by atoms with Crippen molar-refractivity contribution in [2.24, 2.45) is 0 Å². The molecule has 0 aromatic rings. The van der Waals surface area contributed by atoms with Crippen LogP contribution in [0, 0.1) is 0 Å². The number of ether oxygens (including phenoxy) is 1. The monoisotopic (exact) mass is 298 g/mol. The number of hydrogen-bond donors (Lipinski definition) is 1. The largest absolute Gasteiger partial charge is 0.481 e. The van der Waals surface area contributed by atoms with E-state index in [-0.39, 0.29) is 0 Å². The van der Waals surface area contributed by atoms with Crippen LogP contribution in [0.3, 0.4) is 0 Å². The Hall–Kier alpha value is -0.830. The molecule has 0 radical (unpaired) electrons. The fourth-order valence-electron chi connectivity index (χ4n) is 2.41. The summed E-state index contributed by atoms with van der Waals surface area (Å²) in [5.41, 5.74) is 0. The van der Waals surface area contributed by atoms with Crippen molar-refractivity contribution in [1.29, 1.82) is 0 Å². The smallest absolute Gasteiger partial charge is 0.303 e. The first-order valence-electron chi connectivity index (χ1n) is 8.68. The van der Waals surface area contributed by atoms with Gasteiger partial charge in [0.2, 0.25) is 0 Å². The van der Waals surface area contributed by atoms with Gasteiger partial charge in [-0.25, -0.2) is 0 Å². The second kappa shape index (κ2) is 17.2. The highest BCUT2D eigenvalue weighted by atomic mass is 16.5. The quantitative estimate of drug-likeness (QED) is 0.291. The molecule has 0 amide bonds. The topological polar surface area (TPSA) is 46.5 Å². The van der Waals surface area contributed by atoms with E-state index in [4.69, 9.17) is 9.84 Å². The minimum Gasteiger partial charge on any atom is -0.481 e. The van der Waals surface area contributed by atoms with Crippen LogP contribution in [-0.2, 0) is 9.53 Å². The Bertz CT molecular complexity index is 239. The summed E-state index contributed by atoms with van der Waals surface area (Å²) in [6.07, 6.45) is 17.0. The van der Waals surface area contributed by atoms with Crippen molar-refractivity contribution in [3.8, 4) is 0 Å². The zero-order valence-electron chi connectivity index (χ0n) is 13.7. The van der Waals surface area contributed by atoms with Crippen molar-refractivity contribution in [3.05, 3.63) is 12.7 Å². The number of carbonyl (C=O) groups is 1. The lowest BCUT2D eigenvalue weighted by molar-refractivity contribution is -0.137.